The van der Waals surface area contributed by atoms with Crippen LogP contribution in [-0.4, -0.2) is 16.9 Å². The predicted molar refractivity (Wildman–Crippen MR) is 72.1 cm³/mol. The minimum absolute atomic E-state index is 0.153. The number of hydrogen-bond donors (Lipinski definition) is 1. The number of amides is 1. The molecule has 0 aliphatic heterocycles. The minimum Gasteiger partial charge on any atom is -0.349 e. The van der Waals surface area contributed by atoms with Crippen LogP contribution in [0.3, 0.4) is 0 Å². The van der Waals surface area contributed by atoms with Crippen LogP contribution in [0.15, 0.2) is 18.2 Å². The van der Waals surface area contributed by atoms with E-state index >= 15 is 0 Å². The first-order valence-electron chi connectivity index (χ1n) is 7.31. The van der Waals surface area contributed by atoms with Gasteiger partial charge in [0, 0.05) is 17.7 Å². The number of carbonyl (C=O) groups excluding carboxylic acids is 1. The molecule has 0 spiro atoms. The van der Waals surface area contributed by atoms with Crippen molar-refractivity contribution in [3.8, 4) is 0 Å². The summed E-state index contributed by atoms with van der Waals surface area (Å²) >= 11 is 0. The Balaban J connectivity index is 1.49. The zero-order chi connectivity index (χ0) is 14.7. The summed E-state index contributed by atoms with van der Waals surface area (Å²) in [6.07, 6.45) is 3.82. The highest BCUT2D eigenvalue weighted by molar-refractivity contribution is 5.95. The Labute approximate surface area is 120 Å². The fraction of sp³-hybridized carbons (Fsp3) is 0.533. The van der Waals surface area contributed by atoms with E-state index < -0.39 is 16.4 Å². The molecule has 1 amide bonds. The maximum atomic E-state index is 13.3. The summed E-state index contributed by atoms with van der Waals surface area (Å²) in [5.74, 6) is 1.43. The summed E-state index contributed by atoms with van der Waals surface area (Å²) in [5, 5.41) is 13.7. The van der Waals surface area contributed by atoms with Gasteiger partial charge in [0.2, 0.25) is 5.82 Å². The lowest BCUT2D eigenvalue weighted by atomic mass is 10.0. The number of rotatable bonds is 3. The van der Waals surface area contributed by atoms with Gasteiger partial charge in [-0.3, -0.25) is 14.9 Å². The van der Waals surface area contributed by atoms with Crippen LogP contribution in [0.1, 0.15) is 29.6 Å². The number of hydrogen-bond acceptors (Lipinski definition) is 3. The molecule has 0 heterocycles. The smallest absolute Gasteiger partial charge is 0.305 e. The maximum Gasteiger partial charge on any atom is 0.305 e. The Bertz CT molecular complexity index is 632. The van der Waals surface area contributed by atoms with Gasteiger partial charge < -0.3 is 5.32 Å². The highest BCUT2D eigenvalue weighted by atomic mass is 19.1. The third-order valence-electron chi connectivity index (χ3n) is 5.44. The minimum atomic E-state index is -0.919. The SMILES string of the molecule is O=C(NC1C2C3CCC(C3)C12)c1ccc(F)c([N+](=O)[O-])c1. The van der Waals surface area contributed by atoms with E-state index in [4.69, 9.17) is 0 Å². The Morgan fingerprint density at radius 2 is 1.95 bits per heavy atom. The fourth-order valence-electron chi connectivity index (χ4n) is 4.55. The van der Waals surface area contributed by atoms with Gasteiger partial charge in [-0.25, -0.2) is 0 Å². The van der Waals surface area contributed by atoms with E-state index in [0.717, 1.165) is 24.0 Å². The molecule has 6 heteroatoms. The molecule has 3 saturated carbocycles. The van der Waals surface area contributed by atoms with Crippen LogP contribution < -0.4 is 5.32 Å². The van der Waals surface area contributed by atoms with Gasteiger partial charge in [0.15, 0.2) is 0 Å². The molecule has 0 radical (unpaired) electrons. The van der Waals surface area contributed by atoms with E-state index in [1.165, 1.54) is 25.3 Å². The summed E-state index contributed by atoms with van der Waals surface area (Å²) < 4.78 is 13.3. The molecule has 0 saturated heterocycles. The van der Waals surface area contributed by atoms with Gasteiger partial charge >= 0.3 is 5.69 Å². The van der Waals surface area contributed by atoms with Crippen LogP contribution in [0.4, 0.5) is 10.1 Å². The standard InChI is InChI=1S/C15H15FN2O3/c16-10-4-3-9(6-11(10)18(20)21)15(19)17-14-12-7-1-2-8(5-7)13(12)14/h3-4,6-8,12-14H,1-2,5H2,(H,17,19). The van der Waals surface area contributed by atoms with Crippen molar-refractivity contribution < 1.29 is 14.1 Å². The lowest BCUT2D eigenvalue weighted by Crippen LogP contribution is -2.30. The average molecular weight is 290 g/mol. The quantitative estimate of drug-likeness (QED) is 0.686. The molecule has 3 fully saturated rings. The monoisotopic (exact) mass is 290 g/mol. The molecule has 5 nitrogen and oxygen atoms in total. The van der Waals surface area contributed by atoms with Crippen molar-refractivity contribution in [3.63, 3.8) is 0 Å². The Morgan fingerprint density at radius 1 is 1.29 bits per heavy atom. The van der Waals surface area contributed by atoms with Gasteiger partial charge in [-0.15, -0.1) is 0 Å². The Kier molecular flexibility index (Phi) is 2.58. The second kappa shape index (κ2) is 4.26. The van der Waals surface area contributed by atoms with Crippen molar-refractivity contribution in [1.82, 2.24) is 5.32 Å². The van der Waals surface area contributed by atoms with Gasteiger partial charge in [0.05, 0.1) is 4.92 Å². The first-order valence-corrected chi connectivity index (χ1v) is 7.31. The predicted octanol–water partition coefficient (Wildman–Crippen LogP) is 2.51. The van der Waals surface area contributed by atoms with Crippen LogP contribution in [0.5, 0.6) is 0 Å². The first-order chi connectivity index (χ1) is 10.1. The van der Waals surface area contributed by atoms with E-state index in [-0.39, 0.29) is 17.5 Å². The van der Waals surface area contributed by atoms with Gasteiger partial charge in [-0.2, -0.15) is 4.39 Å². The van der Waals surface area contributed by atoms with Crippen LogP contribution in [0, 0.1) is 39.6 Å². The van der Waals surface area contributed by atoms with Crippen molar-refractivity contribution >= 4 is 11.6 Å². The average Bonchev–Trinajstić information content (AvgIpc) is 2.83. The van der Waals surface area contributed by atoms with Crippen molar-refractivity contribution in [1.29, 1.82) is 0 Å². The van der Waals surface area contributed by atoms with Gasteiger partial charge in [-0.1, -0.05) is 0 Å². The third kappa shape index (κ3) is 1.85. The number of nitrogens with zero attached hydrogens (tertiary/aromatic N) is 1. The Hall–Kier alpha value is -1.98. The summed E-state index contributed by atoms with van der Waals surface area (Å²) in [6.45, 7) is 0. The number of fused-ring (bicyclic) bond motifs is 5. The molecule has 1 N–H and O–H groups in total. The molecular formula is C15H15FN2O3. The maximum absolute atomic E-state index is 13.3. The molecule has 1 aromatic rings. The van der Waals surface area contributed by atoms with Gasteiger partial charge in [0.25, 0.3) is 5.91 Å². The molecule has 3 aliphatic rings. The molecule has 2 bridgehead atoms. The topological polar surface area (TPSA) is 72.2 Å². The number of nitro groups is 1. The summed E-state index contributed by atoms with van der Waals surface area (Å²) in [6, 6.07) is 3.50. The highest BCUT2D eigenvalue weighted by Gasteiger charge is 2.65. The molecule has 4 rings (SSSR count). The summed E-state index contributed by atoms with van der Waals surface area (Å²) in [4.78, 5) is 22.1. The lowest BCUT2D eigenvalue weighted by Gasteiger charge is -2.10. The molecule has 3 aliphatic carbocycles. The highest BCUT2D eigenvalue weighted by Crippen LogP contribution is 2.65. The number of halogens is 1. The van der Waals surface area contributed by atoms with Crippen LogP contribution in [0.25, 0.3) is 0 Å². The molecule has 21 heavy (non-hydrogen) atoms. The molecule has 4 atom stereocenters. The van der Waals surface area contributed by atoms with Crippen molar-refractivity contribution in [2.24, 2.45) is 23.7 Å². The molecular weight excluding hydrogens is 275 g/mol. The normalized spacial score (nSPS) is 35.4. The second-order valence-corrected chi connectivity index (χ2v) is 6.41. The van der Waals surface area contributed by atoms with E-state index in [1.807, 2.05) is 0 Å². The van der Waals surface area contributed by atoms with Gasteiger partial charge in [0.1, 0.15) is 0 Å². The third-order valence-corrected chi connectivity index (χ3v) is 5.44. The molecule has 4 unspecified atom stereocenters. The number of nitro benzene ring substituents is 1. The zero-order valence-corrected chi connectivity index (χ0v) is 11.3. The largest absolute Gasteiger partial charge is 0.349 e. The second-order valence-electron chi connectivity index (χ2n) is 6.41. The number of benzene rings is 1. The van der Waals surface area contributed by atoms with E-state index in [0.29, 0.717) is 11.8 Å². The number of nitrogens with one attached hydrogen (secondary N) is 1. The van der Waals surface area contributed by atoms with Gasteiger partial charge in [-0.05, 0) is 55.1 Å². The molecule has 1 aromatic carbocycles. The summed E-state index contributed by atoms with van der Waals surface area (Å²) in [7, 11) is 0. The van der Waals surface area contributed by atoms with Crippen molar-refractivity contribution in [2.45, 2.75) is 25.3 Å². The van der Waals surface area contributed by atoms with Crippen molar-refractivity contribution in [2.75, 3.05) is 0 Å². The Morgan fingerprint density at radius 3 is 2.57 bits per heavy atom. The van der Waals surface area contributed by atoms with Crippen LogP contribution >= 0.6 is 0 Å². The zero-order valence-electron chi connectivity index (χ0n) is 11.3. The fourth-order valence-corrected chi connectivity index (χ4v) is 4.55. The molecule has 0 aromatic heterocycles. The van der Waals surface area contributed by atoms with E-state index in [1.54, 1.807) is 0 Å². The van der Waals surface area contributed by atoms with E-state index in [2.05, 4.69) is 5.32 Å². The number of carbonyl (C=O) groups is 1. The summed E-state index contributed by atoms with van der Waals surface area (Å²) in [5.41, 5.74) is -0.501. The molecule has 110 valence electrons. The van der Waals surface area contributed by atoms with Crippen molar-refractivity contribution in [3.05, 3.63) is 39.7 Å². The van der Waals surface area contributed by atoms with Crippen LogP contribution in [-0.2, 0) is 0 Å². The van der Waals surface area contributed by atoms with Crippen LogP contribution in [0.2, 0.25) is 0 Å². The lowest BCUT2D eigenvalue weighted by molar-refractivity contribution is -0.387. The first kappa shape index (κ1) is 12.7. The van der Waals surface area contributed by atoms with E-state index in [9.17, 15) is 19.3 Å².